The van der Waals surface area contributed by atoms with Gasteiger partial charge in [-0.25, -0.2) is 0 Å². The smallest absolute Gasteiger partial charge is 0.185 e. The second kappa shape index (κ2) is 6.19. The van der Waals surface area contributed by atoms with Gasteiger partial charge in [-0.1, -0.05) is 23.6 Å². The molecule has 0 atom stereocenters. The lowest BCUT2D eigenvalue weighted by Crippen LogP contribution is -1.92. The third-order valence-electron chi connectivity index (χ3n) is 1.86. The molecule has 4 heteroatoms. The Kier molecular flexibility index (Phi) is 4.87. The normalized spacial score (nSPS) is 9.38. The van der Waals surface area contributed by atoms with Crippen LogP contribution < -0.4 is 5.73 Å². The van der Waals surface area contributed by atoms with Crippen LogP contribution >= 0.6 is 11.8 Å². The highest BCUT2D eigenvalue weighted by Gasteiger charge is 1.96. The number of hydrogen-bond donors (Lipinski definition) is 1. The molecule has 0 radical (unpaired) electrons. The van der Waals surface area contributed by atoms with Crippen LogP contribution in [0.15, 0.2) is 12.3 Å². The van der Waals surface area contributed by atoms with E-state index in [1.807, 2.05) is 13.0 Å². The molecule has 1 aromatic rings. The van der Waals surface area contributed by atoms with Gasteiger partial charge in [0.15, 0.2) is 5.12 Å². The quantitative estimate of drug-likeness (QED) is 0.628. The van der Waals surface area contributed by atoms with Gasteiger partial charge >= 0.3 is 0 Å². The number of carbonyl (C=O) groups excluding carboxylic acids is 1. The minimum atomic E-state index is 0.128. The highest BCUT2D eigenvalue weighted by Crippen LogP contribution is 2.08. The number of rotatable bonds is 2. The zero-order valence-electron chi connectivity index (χ0n) is 9.41. The van der Waals surface area contributed by atoms with Crippen molar-refractivity contribution in [1.82, 2.24) is 4.98 Å². The summed E-state index contributed by atoms with van der Waals surface area (Å²) in [7, 11) is 0. The van der Waals surface area contributed by atoms with E-state index in [2.05, 4.69) is 16.8 Å². The Bertz CT molecular complexity index is 446. The van der Waals surface area contributed by atoms with Crippen molar-refractivity contribution in [3.63, 3.8) is 0 Å². The molecule has 0 saturated heterocycles. The number of nitrogens with zero attached hydrogens (tertiary/aromatic N) is 1. The van der Waals surface area contributed by atoms with Crippen molar-refractivity contribution in [2.24, 2.45) is 0 Å². The number of pyridine rings is 1. The summed E-state index contributed by atoms with van der Waals surface area (Å²) in [6.45, 7) is 3.46. The first-order valence-electron chi connectivity index (χ1n) is 4.94. The summed E-state index contributed by atoms with van der Waals surface area (Å²) >= 11 is 1.29. The zero-order valence-corrected chi connectivity index (χ0v) is 10.2. The van der Waals surface area contributed by atoms with Crippen LogP contribution in [0.4, 0.5) is 5.69 Å². The number of aromatic nitrogens is 1. The van der Waals surface area contributed by atoms with Gasteiger partial charge in [-0.15, -0.1) is 0 Å². The monoisotopic (exact) mass is 234 g/mol. The third kappa shape index (κ3) is 4.37. The van der Waals surface area contributed by atoms with Crippen LogP contribution in [0.3, 0.4) is 0 Å². The van der Waals surface area contributed by atoms with Crippen molar-refractivity contribution in [1.29, 1.82) is 0 Å². The number of thioether (sulfide) groups is 1. The van der Waals surface area contributed by atoms with Crippen molar-refractivity contribution in [3.8, 4) is 11.8 Å². The summed E-state index contributed by atoms with van der Waals surface area (Å²) in [6.07, 6.45) is 2.31. The van der Waals surface area contributed by atoms with Gasteiger partial charge in [0.2, 0.25) is 0 Å². The summed E-state index contributed by atoms with van der Waals surface area (Å²) in [5.41, 5.74) is 7.97. The van der Waals surface area contributed by atoms with Crippen LogP contribution in [-0.4, -0.2) is 15.9 Å². The van der Waals surface area contributed by atoms with Crippen molar-refractivity contribution in [3.05, 3.63) is 23.5 Å². The molecule has 0 fully saturated rings. The summed E-state index contributed by atoms with van der Waals surface area (Å²) in [6, 6.07) is 1.81. The van der Waals surface area contributed by atoms with E-state index in [1.165, 1.54) is 11.8 Å². The number of aryl methyl sites for hydroxylation is 1. The fraction of sp³-hybridized carbons (Fsp3) is 0.333. The lowest BCUT2D eigenvalue weighted by molar-refractivity contribution is -0.109. The molecule has 0 unspecified atom stereocenters. The van der Waals surface area contributed by atoms with Crippen LogP contribution in [0.5, 0.6) is 0 Å². The van der Waals surface area contributed by atoms with E-state index < -0.39 is 0 Å². The predicted molar refractivity (Wildman–Crippen MR) is 68.0 cm³/mol. The SMILES string of the molecule is CC(=O)SCCC#Cc1cc(N)cnc1C. The van der Waals surface area contributed by atoms with Gasteiger partial charge in [0, 0.05) is 24.7 Å². The lowest BCUT2D eigenvalue weighted by Gasteiger charge is -1.97. The van der Waals surface area contributed by atoms with Crippen molar-refractivity contribution in [2.75, 3.05) is 11.5 Å². The van der Waals surface area contributed by atoms with E-state index >= 15 is 0 Å². The Balaban J connectivity index is 2.56. The molecule has 1 aromatic heterocycles. The van der Waals surface area contributed by atoms with Crippen LogP contribution in [0.2, 0.25) is 0 Å². The number of carbonyl (C=O) groups is 1. The van der Waals surface area contributed by atoms with E-state index in [1.54, 1.807) is 13.1 Å². The minimum absolute atomic E-state index is 0.128. The van der Waals surface area contributed by atoms with E-state index in [-0.39, 0.29) is 5.12 Å². The Labute approximate surface area is 99.8 Å². The van der Waals surface area contributed by atoms with Gasteiger partial charge in [-0.2, -0.15) is 0 Å². The summed E-state index contributed by atoms with van der Waals surface area (Å²) in [4.78, 5) is 14.8. The van der Waals surface area contributed by atoms with Gasteiger partial charge in [0.1, 0.15) is 0 Å². The topological polar surface area (TPSA) is 56.0 Å². The first-order chi connectivity index (χ1) is 7.59. The molecule has 0 bridgehead atoms. The fourth-order valence-electron chi connectivity index (χ4n) is 1.08. The maximum atomic E-state index is 10.7. The molecule has 16 heavy (non-hydrogen) atoms. The summed E-state index contributed by atoms with van der Waals surface area (Å²) in [5, 5.41) is 0.128. The molecular weight excluding hydrogens is 220 g/mol. The van der Waals surface area contributed by atoms with E-state index in [0.717, 1.165) is 17.0 Å². The highest BCUT2D eigenvalue weighted by molar-refractivity contribution is 8.13. The second-order valence-electron chi connectivity index (χ2n) is 3.29. The van der Waals surface area contributed by atoms with Crippen molar-refractivity contribution < 1.29 is 4.79 Å². The molecule has 2 N–H and O–H groups in total. The maximum absolute atomic E-state index is 10.7. The van der Waals surface area contributed by atoms with Crippen LogP contribution in [0.1, 0.15) is 24.6 Å². The molecule has 0 aliphatic carbocycles. The van der Waals surface area contributed by atoms with Gasteiger partial charge < -0.3 is 5.73 Å². The molecule has 0 aliphatic heterocycles. The average molecular weight is 234 g/mol. The Hall–Kier alpha value is -1.47. The molecule has 1 rings (SSSR count). The zero-order chi connectivity index (χ0) is 12.0. The number of nitrogens with two attached hydrogens (primary N) is 1. The van der Waals surface area contributed by atoms with Crippen LogP contribution in [0.25, 0.3) is 0 Å². The fourth-order valence-corrected chi connectivity index (χ4v) is 1.57. The van der Waals surface area contributed by atoms with Gasteiger partial charge in [-0.3, -0.25) is 9.78 Å². The summed E-state index contributed by atoms with van der Waals surface area (Å²) < 4.78 is 0. The van der Waals surface area contributed by atoms with E-state index in [4.69, 9.17) is 5.73 Å². The molecule has 84 valence electrons. The molecule has 0 aromatic carbocycles. The minimum Gasteiger partial charge on any atom is -0.397 e. The van der Waals surface area contributed by atoms with Gasteiger partial charge in [0.05, 0.1) is 17.6 Å². The molecule has 0 amide bonds. The van der Waals surface area contributed by atoms with Gasteiger partial charge in [0.25, 0.3) is 0 Å². The number of hydrogen-bond acceptors (Lipinski definition) is 4. The standard InChI is InChI=1S/C12H14N2OS/c1-9-11(7-12(13)8-14-9)5-3-4-6-16-10(2)15/h7-8H,4,6,13H2,1-2H3. The number of nitrogen functional groups attached to an aromatic ring is 1. The first kappa shape index (κ1) is 12.6. The number of anilines is 1. The Morgan fingerprint density at radius 2 is 2.38 bits per heavy atom. The molecular formula is C12H14N2OS. The van der Waals surface area contributed by atoms with Crippen molar-refractivity contribution >= 4 is 22.6 Å². The largest absolute Gasteiger partial charge is 0.397 e. The average Bonchev–Trinajstić information content (AvgIpc) is 2.22. The molecule has 3 nitrogen and oxygen atoms in total. The third-order valence-corrected chi connectivity index (χ3v) is 2.68. The van der Waals surface area contributed by atoms with Gasteiger partial charge in [-0.05, 0) is 13.0 Å². The molecule has 1 heterocycles. The lowest BCUT2D eigenvalue weighted by atomic mass is 10.2. The first-order valence-corrected chi connectivity index (χ1v) is 5.92. The predicted octanol–water partition coefficient (Wildman–Crippen LogP) is 1.99. The van der Waals surface area contributed by atoms with Crippen LogP contribution in [-0.2, 0) is 4.79 Å². The molecule has 0 saturated carbocycles. The molecule has 0 spiro atoms. The van der Waals surface area contributed by atoms with E-state index in [9.17, 15) is 4.79 Å². The summed E-state index contributed by atoms with van der Waals surface area (Å²) in [5.74, 6) is 6.75. The highest BCUT2D eigenvalue weighted by atomic mass is 32.2. The Morgan fingerprint density at radius 1 is 1.62 bits per heavy atom. The second-order valence-corrected chi connectivity index (χ2v) is 4.57. The maximum Gasteiger partial charge on any atom is 0.185 e. The molecule has 0 aliphatic rings. The Morgan fingerprint density at radius 3 is 3.06 bits per heavy atom. The van der Waals surface area contributed by atoms with Crippen molar-refractivity contribution in [2.45, 2.75) is 20.3 Å². The van der Waals surface area contributed by atoms with E-state index in [0.29, 0.717) is 12.1 Å². The van der Waals surface area contributed by atoms with Crippen LogP contribution in [0, 0.1) is 18.8 Å².